The van der Waals surface area contributed by atoms with Gasteiger partial charge in [0.05, 0.1) is 27.4 Å². The van der Waals surface area contributed by atoms with Crippen molar-refractivity contribution in [1.82, 2.24) is 0 Å². The van der Waals surface area contributed by atoms with Crippen LogP contribution in [0.15, 0.2) is 36.4 Å². The number of ether oxygens (including phenoxy) is 4. The zero-order chi connectivity index (χ0) is 22.5. The van der Waals surface area contributed by atoms with Crippen molar-refractivity contribution in [2.75, 3.05) is 47.4 Å². The lowest BCUT2D eigenvalue weighted by Crippen LogP contribution is -2.33. The molecule has 168 valence electrons. The van der Waals surface area contributed by atoms with Gasteiger partial charge in [0, 0.05) is 38.4 Å². The van der Waals surface area contributed by atoms with E-state index in [1.54, 1.807) is 40.6 Å². The summed E-state index contributed by atoms with van der Waals surface area (Å²) in [7, 11) is 10.4. The highest BCUT2D eigenvalue weighted by Crippen LogP contribution is 2.43. The van der Waals surface area contributed by atoms with Gasteiger partial charge in [-0.05, 0) is 55.0 Å². The summed E-state index contributed by atoms with van der Waals surface area (Å²) in [5, 5.41) is 0. The van der Waals surface area contributed by atoms with E-state index < -0.39 is 0 Å². The van der Waals surface area contributed by atoms with Gasteiger partial charge in [-0.1, -0.05) is 12.1 Å². The molecule has 3 unspecified atom stereocenters. The second kappa shape index (κ2) is 10.1. The molecule has 0 heterocycles. The molecule has 0 spiro atoms. The molecule has 3 rings (SSSR count). The molecule has 0 aromatic heterocycles. The Bertz CT molecular complexity index is 868. The first-order chi connectivity index (χ1) is 14.9. The van der Waals surface area contributed by atoms with E-state index in [0.717, 1.165) is 18.5 Å². The Morgan fingerprint density at radius 2 is 1.52 bits per heavy atom. The summed E-state index contributed by atoms with van der Waals surface area (Å²) in [6.07, 6.45) is 2.61. The summed E-state index contributed by atoms with van der Waals surface area (Å²) in [5.74, 6) is 1.46. The molecule has 2 aromatic rings. The molecule has 6 heteroatoms. The average molecular weight is 428 g/mol. The molecule has 0 radical (unpaired) electrons. The summed E-state index contributed by atoms with van der Waals surface area (Å²) in [6.45, 7) is 0. The van der Waals surface area contributed by atoms with Crippen LogP contribution < -0.4 is 19.1 Å². The van der Waals surface area contributed by atoms with Gasteiger partial charge in [-0.3, -0.25) is 4.79 Å². The first-order valence-electron chi connectivity index (χ1n) is 10.6. The van der Waals surface area contributed by atoms with Crippen LogP contribution in [0.1, 0.15) is 41.1 Å². The molecule has 2 aromatic carbocycles. The van der Waals surface area contributed by atoms with E-state index in [0.29, 0.717) is 29.2 Å². The number of hydrogen-bond acceptors (Lipinski definition) is 6. The van der Waals surface area contributed by atoms with Gasteiger partial charge in [0.2, 0.25) is 5.75 Å². The van der Waals surface area contributed by atoms with E-state index in [4.69, 9.17) is 18.9 Å². The van der Waals surface area contributed by atoms with Crippen LogP contribution in [-0.2, 0) is 4.74 Å². The van der Waals surface area contributed by atoms with E-state index in [9.17, 15) is 4.79 Å². The van der Waals surface area contributed by atoms with Crippen LogP contribution in [0.25, 0.3) is 0 Å². The predicted molar refractivity (Wildman–Crippen MR) is 122 cm³/mol. The van der Waals surface area contributed by atoms with Crippen LogP contribution in [0, 0.1) is 5.92 Å². The minimum absolute atomic E-state index is 0.0719. The van der Waals surface area contributed by atoms with Gasteiger partial charge in [-0.25, -0.2) is 0 Å². The highest BCUT2D eigenvalue weighted by atomic mass is 16.5. The largest absolute Gasteiger partial charge is 0.493 e. The Labute approximate surface area is 185 Å². The van der Waals surface area contributed by atoms with Gasteiger partial charge in [0.1, 0.15) is 0 Å². The number of nitrogens with zero attached hydrogens (tertiary/aromatic N) is 1. The highest BCUT2D eigenvalue weighted by Gasteiger charge is 2.37. The number of anilines is 1. The molecule has 3 atom stereocenters. The summed E-state index contributed by atoms with van der Waals surface area (Å²) < 4.78 is 22.0. The Hall–Kier alpha value is -2.73. The minimum atomic E-state index is -0.188. The van der Waals surface area contributed by atoms with Gasteiger partial charge in [-0.15, -0.1) is 0 Å². The Kier molecular flexibility index (Phi) is 7.44. The van der Waals surface area contributed by atoms with Crippen LogP contribution in [-0.4, -0.2) is 54.4 Å². The van der Waals surface area contributed by atoms with E-state index in [1.165, 1.54) is 5.56 Å². The average Bonchev–Trinajstić information content (AvgIpc) is 2.82. The number of benzene rings is 2. The van der Waals surface area contributed by atoms with Crippen LogP contribution in [0.2, 0.25) is 0 Å². The fourth-order valence-corrected chi connectivity index (χ4v) is 4.49. The topological polar surface area (TPSA) is 57.2 Å². The van der Waals surface area contributed by atoms with Crippen LogP contribution in [0.4, 0.5) is 5.69 Å². The summed E-state index contributed by atoms with van der Waals surface area (Å²) in [5.41, 5.74) is 2.89. The molecule has 1 aliphatic rings. The van der Waals surface area contributed by atoms with Crippen LogP contribution in [0.3, 0.4) is 0 Å². The second-order valence-corrected chi connectivity index (χ2v) is 8.15. The zero-order valence-electron chi connectivity index (χ0n) is 19.3. The van der Waals surface area contributed by atoms with E-state index >= 15 is 0 Å². The number of Topliss-reactive ketones (excluding diaryl/α,β-unsaturated/α-hetero) is 1. The van der Waals surface area contributed by atoms with Crippen molar-refractivity contribution in [2.45, 2.75) is 31.3 Å². The molecule has 0 N–H and O–H groups in total. The van der Waals surface area contributed by atoms with Crippen LogP contribution >= 0.6 is 0 Å². The van der Waals surface area contributed by atoms with Gasteiger partial charge in [-0.2, -0.15) is 0 Å². The maximum Gasteiger partial charge on any atom is 0.203 e. The smallest absolute Gasteiger partial charge is 0.203 e. The molecule has 31 heavy (non-hydrogen) atoms. The number of hydrogen-bond donors (Lipinski definition) is 0. The molecule has 6 nitrogen and oxygen atoms in total. The van der Waals surface area contributed by atoms with Crippen molar-refractivity contribution in [3.63, 3.8) is 0 Å². The quantitative estimate of drug-likeness (QED) is 0.576. The second-order valence-electron chi connectivity index (χ2n) is 8.15. The first-order valence-corrected chi connectivity index (χ1v) is 10.6. The molecule has 0 amide bonds. The molecule has 1 saturated carbocycles. The summed E-state index contributed by atoms with van der Waals surface area (Å²) in [6, 6.07) is 12.0. The van der Waals surface area contributed by atoms with Crippen molar-refractivity contribution in [3.8, 4) is 17.2 Å². The molecule has 1 fully saturated rings. The van der Waals surface area contributed by atoms with Crippen molar-refractivity contribution in [2.24, 2.45) is 5.92 Å². The van der Waals surface area contributed by atoms with Crippen molar-refractivity contribution >= 4 is 11.5 Å². The lowest BCUT2D eigenvalue weighted by molar-refractivity contribution is 0.0389. The van der Waals surface area contributed by atoms with Gasteiger partial charge >= 0.3 is 0 Å². The number of rotatable bonds is 8. The maximum atomic E-state index is 13.7. The van der Waals surface area contributed by atoms with Crippen molar-refractivity contribution in [3.05, 3.63) is 47.5 Å². The summed E-state index contributed by atoms with van der Waals surface area (Å²) >= 11 is 0. The Balaban J connectivity index is 1.98. The monoisotopic (exact) mass is 427 g/mol. The third-order valence-corrected chi connectivity index (χ3v) is 6.26. The fraction of sp³-hybridized carbons (Fsp3) is 0.480. The third kappa shape index (κ3) is 4.79. The number of carbonyl (C=O) groups excluding carboxylic acids is 1. The number of carbonyl (C=O) groups is 1. The lowest BCUT2D eigenvalue weighted by atomic mass is 9.71. The van der Waals surface area contributed by atoms with Gasteiger partial charge in [0.25, 0.3) is 0 Å². The number of methoxy groups -OCH3 is 4. The highest BCUT2D eigenvalue weighted by molar-refractivity contribution is 5.99. The first kappa shape index (κ1) is 22.9. The minimum Gasteiger partial charge on any atom is -0.493 e. The summed E-state index contributed by atoms with van der Waals surface area (Å²) in [4.78, 5) is 15.8. The predicted octanol–water partition coefficient (Wildman–Crippen LogP) is 4.56. The van der Waals surface area contributed by atoms with Crippen molar-refractivity contribution in [1.29, 1.82) is 0 Å². The van der Waals surface area contributed by atoms with E-state index in [2.05, 4.69) is 29.2 Å². The van der Waals surface area contributed by atoms with E-state index in [1.807, 2.05) is 14.1 Å². The van der Waals surface area contributed by atoms with E-state index in [-0.39, 0.29) is 23.7 Å². The van der Waals surface area contributed by atoms with Crippen LogP contribution in [0.5, 0.6) is 17.2 Å². The normalized spacial score (nSPS) is 20.8. The van der Waals surface area contributed by atoms with Crippen molar-refractivity contribution < 1.29 is 23.7 Å². The Morgan fingerprint density at radius 1 is 0.903 bits per heavy atom. The van der Waals surface area contributed by atoms with Gasteiger partial charge < -0.3 is 23.8 Å². The SMILES string of the molecule is COc1cc(C(=O)C2CC(OC)CCC2c2ccc(N(C)C)cc2)cc(OC)c1OC. The molecular weight excluding hydrogens is 394 g/mol. The van der Waals surface area contributed by atoms with Gasteiger partial charge in [0.15, 0.2) is 17.3 Å². The fourth-order valence-electron chi connectivity index (χ4n) is 4.49. The maximum absolute atomic E-state index is 13.7. The molecular formula is C25H33NO5. The zero-order valence-corrected chi connectivity index (χ0v) is 19.3. The number of ketones is 1. The molecule has 0 bridgehead atoms. The lowest BCUT2D eigenvalue weighted by Gasteiger charge is -2.35. The molecule has 1 aliphatic carbocycles. The third-order valence-electron chi connectivity index (χ3n) is 6.26. The molecule has 0 aliphatic heterocycles. The standard InChI is InChI=1S/C25H33NO5/c1-26(2)18-9-7-16(8-10-18)20-12-11-19(28-3)15-21(20)24(27)17-13-22(29-4)25(31-6)23(14-17)30-5/h7-10,13-14,19-21H,11-12,15H2,1-6H3. The Morgan fingerprint density at radius 3 is 2.00 bits per heavy atom. The molecule has 0 saturated heterocycles.